The average molecular weight is 285 g/mol. The van der Waals surface area contributed by atoms with E-state index in [-0.39, 0.29) is 6.04 Å². The second kappa shape index (κ2) is 6.52. The summed E-state index contributed by atoms with van der Waals surface area (Å²) in [6.45, 7) is 6.33. The van der Waals surface area contributed by atoms with Crippen LogP contribution in [-0.2, 0) is 0 Å². The number of rotatable bonds is 5. The number of aryl methyl sites for hydroxylation is 1. The number of hydrogen-bond donors (Lipinski definition) is 1. The topological polar surface area (TPSA) is 53.9 Å². The maximum Gasteiger partial charge on any atom is 0.225 e. The fraction of sp³-hybridized carbons (Fsp3) is 0.438. The van der Waals surface area contributed by atoms with Crippen LogP contribution in [0, 0.1) is 12.8 Å². The molecule has 1 N–H and O–H groups in total. The van der Waals surface area contributed by atoms with Crippen LogP contribution in [0.2, 0.25) is 0 Å². The molecule has 0 saturated carbocycles. The Bertz CT molecular complexity index is 580. The quantitative estimate of drug-likeness (QED) is 0.915. The molecule has 2 aromatic heterocycles. The second-order valence-corrected chi connectivity index (χ2v) is 5.72. The van der Waals surface area contributed by atoms with Crippen molar-refractivity contribution in [2.75, 3.05) is 24.3 Å². The molecule has 2 rings (SSSR count). The van der Waals surface area contributed by atoms with Gasteiger partial charge in [-0.3, -0.25) is 4.98 Å². The van der Waals surface area contributed by atoms with Crippen molar-refractivity contribution in [3.63, 3.8) is 0 Å². The molecule has 0 saturated heterocycles. The summed E-state index contributed by atoms with van der Waals surface area (Å²) in [5.41, 5.74) is 2.06. The Morgan fingerprint density at radius 1 is 1.14 bits per heavy atom. The van der Waals surface area contributed by atoms with E-state index < -0.39 is 0 Å². The van der Waals surface area contributed by atoms with E-state index in [1.165, 1.54) is 0 Å². The van der Waals surface area contributed by atoms with Crippen LogP contribution in [0.1, 0.15) is 31.1 Å². The van der Waals surface area contributed by atoms with Gasteiger partial charge in [0, 0.05) is 32.1 Å². The molecule has 0 bridgehead atoms. The molecular weight excluding hydrogens is 262 g/mol. The Balaban J connectivity index is 2.28. The highest BCUT2D eigenvalue weighted by Gasteiger charge is 2.18. The van der Waals surface area contributed by atoms with Crippen molar-refractivity contribution in [2.24, 2.45) is 5.92 Å². The normalized spacial score (nSPS) is 12.3. The minimum Gasteiger partial charge on any atom is -0.362 e. The Hall–Kier alpha value is -2.17. The number of pyridine rings is 1. The van der Waals surface area contributed by atoms with Gasteiger partial charge in [0.05, 0.1) is 11.7 Å². The lowest BCUT2D eigenvalue weighted by molar-refractivity contribution is 0.531. The van der Waals surface area contributed by atoms with Gasteiger partial charge < -0.3 is 10.2 Å². The molecule has 0 fully saturated rings. The van der Waals surface area contributed by atoms with E-state index in [2.05, 4.69) is 34.1 Å². The molecule has 0 spiro atoms. The maximum atomic E-state index is 4.60. The lowest BCUT2D eigenvalue weighted by Gasteiger charge is -2.23. The van der Waals surface area contributed by atoms with Crippen LogP contribution < -0.4 is 10.2 Å². The van der Waals surface area contributed by atoms with Crippen LogP contribution in [-0.4, -0.2) is 29.0 Å². The van der Waals surface area contributed by atoms with Gasteiger partial charge in [0.2, 0.25) is 5.95 Å². The Morgan fingerprint density at radius 3 is 2.48 bits per heavy atom. The lowest BCUT2D eigenvalue weighted by Crippen LogP contribution is -2.21. The lowest BCUT2D eigenvalue weighted by atomic mass is 10.0. The first-order valence-corrected chi connectivity index (χ1v) is 7.17. The van der Waals surface area contributed by atoms with Gasteiger partial charge >= 0.3 is 0 Å². The molecular formula is C16H23N5. The molecule has 112 valence electrons. The predicted octanol–water partition coefficient (Wildman–Crippen LogP) is 3.06. The highest BCUT2D eigenvalue weighted by molar-refractivity contribution is 5.48. The van der Waals surface area contributed by atoms with E-state index in [1.807, 2.05) is 56.5 Å². The Kier molecular flexibility index (Phi) is 4.73. The van der Waals surface area contributed by atoms with Crippen molar-refractivity contribution in [1.29, 1.82) is 0 Å². The van der Waals surface area contributed by atoms with Crippen molar-refractivity contribution >= 4 is 11.8 Å². The number of hydrogen-bond acceptors (Lipinski definition) is 5. The van der Waals surface area contributed by atoms with Crippen molar-refractivity contribution in [1.82, 2.24) is 15.0 Å². The third-order valence-corrected chi connectivity index (χ3v) is 3.33. The van der Waals surface area contributed by atoms with E-state index in [0.29, 0.717) is 11.9 Å². The van der Waals surface area contributed by atoms with E-state index in [1.54, 1.807) is 0 Å². The van der Waals surface area contributed by atoms with Gasteiger partial charge in [-0.15, -0.1) is 0 Å². The third kappa shape index (κ3) is 3.68. The summed E-state index contributed by atoms with van der Waals surface area (Å²) in [5.74, 6) is 1.94. The van der Waals surface area contributed by atoms with E-state index in [0.717, 1.165) is 17.1 Å². The number of nitrogens with one attached hydrogen (secondary N) is 1. The summed E-state index contributed by atoms with van der Waals surface area (Å²) in [5, 5.41) is 3.41. The van der Waals surface area contributed by atoms with Gasteiger partial charge in [-0.05, 0) is 25.0 Å². The number of nitrogens with zero attached hydrogens (tertiary/aromatic N) is 4. The first-order chi connectivity index (χ1) is 9.99. The van der Waals surface area contributed by atoms with Crippen LogP contribution in [0.15, 0.2) is 30.6 Å². The third-order valence-electron chi connectivity index (χ3n) is 3.33. The van der Waals surface area contributed by atoms with Crippen molar-refractivity contribution in [2.45, 2.75) is 26.8 Å². The minimum absolute atomic E-state index is 0.0870. The molecule has 2 heterocycles. The van der Waals surface area contributed by atoms with Crippen LogP contribution in [0.3, 0.4) is 0 Å². The summed E-state index contributed by atoms with van der Waals surface area (Å²) < 4.78 is 0. The van der Waals surface area contributed by atoms with E-state index in [4.69, 9.17) is 0 Å². The molecule has 5 heteroatoms. The van der Waals surface area contributed by atoms with Crippen LogP contribution in [0.5, 0.6) is 0 Å². The summed E-state index contributed by atoms with van der Waals surface area (Å²) in [6.07, 6.45) is 3.66. The summed E-state index contributed by atoms with van der Waals surface area (Å²) >= 11 is 0. The van der Waals surface area contributed by atoms with Gasteiger partial charge in [-0.1, -0.05) is 19.9 Å². The van der Waals surface area contributed by atoms with Gasteiger partial charge in [0.25, 0.3) is 0 Å². The highest BCUT2D eigenvalue weighted by Crippen LogP contribution is 2.24. The van der Waals surface area contributed by atoms with Gasteiger partial charge in [-0.25, -0.2) is 4.98 Å². The maximum absolute atomic E-state index is 4.60. The molecule has 1 atom stereocenters. The fourth-order valence-electron chi connectivity index (χ4n) is 2.24. The molecule has 0 aromatic carbocycles. The standard InChI is InChI=1S/C16H23N5/c1-11(2)14(13-8-6-7-9-17-13)19-16-18-10-12(3)15(20-16)21(4)5/h6-11,14H,1-5H3,(H,18,19,20)/t14-/m0/s1. The van der Waals surface area contributed by atoms with Crippen LogP contribution in [0.25, 0.3) is 0 Å². The van der Waals surface area contributed by atoms with Crippen molar-refractivity contribution < 1.29 is 0 Å². The fourth-order valence-corrected chi connectivity index (χ4v) is 2.24. The largest absolute Gasteiger partial charge is 0.362 e. The van der Waals surface area contributed by atoms with Crippen molar-refractivity contribution in [3.8, 4) is 0 Å². The van der Waals surface area contributed by atoms with Crippen LogP contribution in [0.4, 0.5) is 11.8 Å². The zero-order valence-corrected chi connectivity index (χ0v) is 13.3. The Morgan fingerprint density at radius 2 is 1.90 bits per heavy atom. The Labute approximate surface area is 126 Å². The zero-order valence-electron chi connectivity index (χ0n) is 13.3. The van der Waals surface area contributed by atoms with Gasteiger partial charge in [0.15, 0.2) is 0 Å². The molecule has 0 unspecified atom stereocenters. The molecule has 0 aliphatic carbocycles. The van der Waals surface area contributed by atoms with Crippen molar-refractivity contribution in [3.05, 3.63) is 41.9 Å². The predicted molar refractivity (Wildman–Crippen MR) is 86.5 cm³/mol. The van der Waals surface area contributed by atoms with E-state index in [9.17, 15) is 0 Å². The molecule has 0 aliphatic rings. The molecule has 21 heavy (non-hydrogen) atoms. The number of aromatic nitrogens is 3. The second-order valence-electron chi connectivity index (χ2n) is 5.72. The van der Waals surface area contributed by atoms with Gasteiger partial charge in [-0.2, -0.15) is 4.98 Å². The molecule has 0 aliphatic heterocycles. The smallest absolute Gasteiger partial charge is 0.225 e. The van der Waals surface area contributed by atoms with Crippen LogP contribution >= 0.6 is 0 Å². The number of anilines is 2. The highest BCUT2D eigenvalue weighted by atomic mass is 15.2. The summed E-state index contributed by atoms with van der Waals surface area (Å²) in [4.78, 5) is 15.4. The van der Waals surface area contributed by atoms with E-state index >= 15 is 0 Å². The summed E-state index contributed by atoms with van der Waals surface area (Å²) in [7, 11) is 3.97. The molecule has 0 amide bonds. The first-order valence-electron chi connectivity index (χ1n) is 7.17. The SMILES string of the molecule is Cc1cnc(N[C@H](c2ccccn2)C(C)C)nc1N(C)C. The van der Waals surface area contributed by atoms with Gasteiger partial charge in [0.1, 0.15) is 5.82 Å². The monoisotopic (exact) mass is 285 g/mol. The summed E-state index contributed by atoms with van der Waals surface area (Å²) in [6, 6.07) is 6.04. The molecule has 0 radical (unpaired) electrons. The molecule has 2 aromatic rings. The average Bonchev–Trinajstić information content (AvgIpc) is 2.46. The zero-order chi connectivity index (χ0) is 15.4. The molecule has 5 nitrogen and oxygen atoms in total. The first kappa shape index (κ1) is 15.2. The minimum atomic E-state index is 0.0870.